The molecule has 0 bridgehead atoms. The molecular formula is C20H20N2O2. The number of carbonyl (C=O) groups excluding carboxylic acids is 2. The fourth-order valence-corrected chi connectivity index (χ4v) is 3.00. The van der Waals surface area contributed by atoms with E-state index in [9.17, 15) is 9.59 Å². The predicted molar refractivity (Wildman–Crippen MR) is 95.2 cm³/mol. The first-order valence-corrected chi connectivity index (χ1v) is 8.04. The van der Waals surface area contributed by atoms with Crippen molar-refractivity contribution in [1.29, 1.82) is 0 Å². The van der Waals surface area contributed by atoms with Gasteiger partial charge >= 0.3 is 0 Å². The number of hydrogen-bond donors (Lipinski definition) is 1. The molecule has 0 radical (unpaired) electrons. The molecule has 0 spiro atoms. The minimum absolute atomic E-state index is 0.0489. The highest BCUT2D eigenvalue weighted by atomic mass is 16.2. The molecule has 0 saturated heterocycles. The normalized spacial score (nSPS) is 10.7. The Bertz CT molecular complexity index is 866. The van der Waals surface area contributed by atoms with Crippen LogP contribution in [0.25, 0.3) is 10.9 Å². The van der Waals surface area contributed by atoms with Crippen LogP contribution < -0.4 is 5.32 Å². The van der Waals surface area contributed by atoms with Crippen LogP contribution in [0.5, 0.6) is 0 Å². The van der Waals surface area contributed by atoms with Gasteiger partial charge in [-0.2, -0.15) is 0 Å². The average Bonchev–Trinajstić information content (AvgIpc) is 2.87. The lowest BCUT2D eigenvalue weighted by molar-refractivity contribution is -0.121. The topological polar surface area (TPSA) is 51.1 Å². The van der Waals surface area contributed by atoms with Gasteiger partial charge in [0.2, 0.25) is 5.91 Å². The fraction of sp³-hybridized carbons (Fsp3) is 0.200. The first-order valence-electron chi connectivity index (χ1n) is 8.04. The molecule has 4 heteroatoms. The van der Waals surface area contributed by atoms with Crippen molar-refractivity contribution >= 4 is 23.1 Å². The number of nitrogens with one attached hydrogen (secondary N) is 1. The minimum atomic E-state index is -0.0489. The van der Waals surface area contributed by atoms with Gasteiger partial charge in [0.15, 0.2) is 6.29 Å². The summed E-state index contributed by atoms with van der Waals surface area (Å²) in [5.41, 5.74) is 3.59. The van der Waals surface area contributed by atoms with Gasteiger partial charge in [-0.15, -0.1) is 0 Å². The maximum atomic E-state index is 12.3. The summed E-state index contributed by atoms with van der Waals surface area (Å²) < 4.78 is 1.90. The molecule has 3 rings (SSSR count). The number of aromatic nitrogens is 1. The number of carbonyl (C=O) groups is 2. The molecule has 4 nitrogen and oxygen atoms in total. The van der Waals surface area contributed by atoms with Gasteiger partial charge in [-0.05, 0) is 25.0 Å². The highest BCUT2D eigenvalue weighted by molar-refractivity contribution is 5.99. The first kappa shape index (κ1) is 16.0. The Morgan fingerprint density at radius 3 is 2.54 bits per heavy atom. The van der Waals surface area contributed by atoms with Gasteiger partial charge in [0, 0.05) is 28.7 Å². The molecule has 0 aliphatic rings. The van der Waals surface area contributed by atoms with Gasteiger partial charge in [-0.1, -0.05) is 48.5 Å². The highest BCUT2D eigenvalue weighted by Crippen LogP contribution is 2.24. The summed E-state index contributed by atoms with van der Waals surface area (Å²) in [7, 11) is 0. The van der Waals surface area contributed by atoms with E-state index in [1.54, 1.807) is 0 Å². The lowest BCUT2D eigenvalue weighted by Crippen LogP contribution is -2.29. The molecule has 0 atom stereocenters. The largest absolute Gasteiger partial charge is 0.354 e. The number of nitrogens with zero attached hydrogens (tertiary/aromatic N) is 1. The van der Waals surface area contributed by atoms with Crippen LogP contribution >= 0.6 is 0 Å². The van der Waals surface area contributed by atoms with Crippen LogP contribution in [0.15, 0.2) is 54.6 Å². The zero-order valence-electron chi connectivity index (χ0n) is 13.7. The van der Waals surface area contributed by atoms with Crippen molar-refractivity contribution < 1.29 is 9.59 Å². The molecule has 1 amide bonds. The summed E-state index contributed by atoms with van der Waals surface area (Å²) in [4.78, 5) is 23.6. The molecule has 2 aromatic carbocycles. The van der Waals surface area contributed by atoms with E-state index in [1.807, 2.05) is 66.1 Å². The van der Waals surface area contributed by atoms with E-state index in [4.69, 9.17) is 0 Å². The molecule has 1 N–H and O–H groups in total. The minimum Gasteiger partial charge on any atom is -0.354 e. The number of amides is 1. The molecular weight excluding hydrogens is 300 g/mol. The SMILES string of the molecule is Cc1c(C=O)c2ccccc2n1CC(=O)NCCc1ccccc1. The molecule has 1 aromatic heterocycles. The van der Waals surface area contributed by atoms with Crippen molar-refractivity contribution in [2.75, 3.05) is 6.54 Å². The van der Waals surface area contributed by atoms with Gasteiger partial charge in [0.1, 0.15) is 6.54 Å². The Morgan fingerprint density at radius 2 is 1.79 bits per heavy atom. The number of rotatable bonds is 6. The molecule has 0 fully saturated rings. The summed E-state index contributed by atoms with van der Waals surface area (Å²) in [6, 6.07) is 17.7. The van der Waals surface area contributed by atoms with Crippen molar-refractivity contribution in [2.24, 2.45) is 0 Å². The Hall–Kier alpha value is -2.88. The quantitative estimate of drug-likeness (QED) is 0.710. The van der Waals surface area contributed by atoms with E-state index in [0.717, 1.165) is 29.3 Å². The van der Waals surface area contributed by atoms with Crippen LogP contribution in [0, 0.1) is 6.92 Å². The first-order chi connectivity index (χ1) is 11.7. The molecule has 24 heavy (non-hydrogen) atoms. The molecule has 0 unspecified atom stereocenters. The van der Waals surface area contributed by atoms with Crippen molar-refractivity contribution in [1.82, 2.24) is 9.88 Å². The zero-order chi connectivity index (χ0) is 16.9. The van der Waals surface area contributed by atoms with Gasteiger partial charge in [0.05, 0.1) is 0 Å². The van der Waals surface area contributed by atoms with Crippen LogP contribution in [0.3, 0.4) is 0 Å². The summed E-state index contributed by atoms with van der Waals surface area (Å²) >= 11 is 0. The fourth-order valence-electron chi connectivity index (χ4n) is 3.00. The van der Waals surface area contributed by atoms with Crippen molar-refractivity contribution in [3.8, 4) is 0 Å². The summed E-state index contributed by atoms with van der Waals surface area (Å²) in [5.74, 6) is -0.0489. The van der Waals surface area contributed by atoms with E-state index in [2.05, 4.69) is 5.32 Å². The third kappa shape index (κ3) is 3.23. The van der Waals surface area contributed by atoms with Crippen LogP contribution in [0.4, 0.5) is 0 Å². The van der Waals surface area contributed by atoms with E-state index < -0.39 is 0 Å². The summed E-state index contributed by atoms with van der Waals surface area (Å²) in [6.07, 6.45) is 1.67. The van der Waals surface area contributed by atoms with Crippen LogP contribution in [-0.2, 0) is 17.8 Å². The van der Waals surface area contributed by atoms with E-state index in [-0.39, 0.29) is 12.5 Å². The van der Waals surface area contributed by atoms with Crippen molar-refractivity contribution in [2.45, 2.75) is 19.9 Å². The van der Waals surface area contributed by atoms with Crippen LogP contribution in [-0.4, -0.2) is 23.3 Å². The van der Waals surface area contributed by atoms with E-state index >= 15 is 0 Å². The lowest BCUT2D eigenvalue weighted by Gasteiger charge is -2.09. The Balaban J connectivity index is 1.69. The van der Waals surface area contributed by atoms with Crippen LogP contribution in [0.1, 0.15) is 21.6 Å². The lowest BCUT2D eigenvalue weighted by atomic mass is 10.1. The number of benzene rings is 2. The van der Waals surface area contributed by atoms with Gasteiger partial charge in [0.25, 0.3) is 0 Å². The van der Waals surface area contributed by atoms with Crippen LogP contribution in [0.2, 0.25) is 0 Å². The van der Waals surface area contributed by atoms with E-state index in [1.165, 1.54) is 5.56 Å². The molecule has 0 aliphatic carbocycles. The monoisotopic (exact) mass is 320 g/mol. The molecule has 0 aliphatic heterocycles. The molecule has 1 heterocycles. The smallest absolute Gasteiger partial charge is 0.239 e. The second kappa shape index (κ2) is 7.13. The molecule has 3 aromatic rings. The van der Waals surface area contributed by atoms with Gasteiger partial charge in [-0.3, -0.25) is 9.59 Å². The van der Waals surface area contributed by atoms with Crippen molar-refractivity contribution in [3.05, 3.63) is 71.4 Å². The van der Waals surface area contributed by atoms with Crippen molar-refractivity contribution in [3.63, 3.8) is 0 Å². The Kier molecular flexibility index (Phi) is 4.75. The number of hydrogen-bond acceptors (Lipinski definition) is 2. The third-order valence-electron chi connectivity index (χ3n) is 4.28. The second-order valence-corrected chi connectivity index (χ2v) is 5.81. The zero-order valence-corrected chi connectivity index (χ0v) is 13.7. The third-order valence-corrected chi connectivity index (χ3v) is 4.28. The average molecular weight is 320 g/mol. The predicted octanol–water partition coefficient (Wildman–Crippen LogP) is 3.12. The number of para-hydroxylation sites is 1. The highest BCUT2D eigenvalue weighted by Gasteiger charge is 2.14. The number of aldehydes is 1. The van der Waals surface area contributed by atoms with Gasteiger partial charge < -0.3 is 9.88 Å². The maximum Gasteiger partial charge on any atom is 0.239 e. The van der Waals surface area contributed by atoms with E-state index in [0.29, 0.717) is 12.1 Å². The second-order valence-electron chi connectivity index (χ2n) is 5.81. The Morgan fingerprint density at radius 1 is 1.08 bits per heavy atom. The molecule has 0 saturated carbocycles. The van der Waals surface area contributed by atoms with Gasteiger partial charge in [-0.25, -0.2) is 0 Å². The summed E-state index contributed by atoms with van der Waals surface area (Å²) in [5, 5.41) is 3.84. The summed E-state index contributed by atoms with van der Waals surface area (Å²) in [6.45, 7) is 2.69. The Labute approximate surface area is 141 Å². The maximum absolute atomic E-state index is 12.3. The molecule has 122 valence electrons. The standard InChI is InChI=1S/C20H20N2O2/c1-15-18(14-23)17-9-5-6-10-19(17)22(15)13-20(24)21-12-11-16-7-3-2-4-8-16/h2-10,14H,11-13H2,1H3,(H,21,24). The number of fused-ring (bicyclic) bond motifs is 1.